The Bertz CT molecular complexity index is 316. The summed E-state index contributed by atoms with van der Waals surface area (Å²) in [6, 6.07) is -0.314. The van der Waals surface area contributed by atoms with Gasteiger partial charge in [-0.15, -0.1) is 6.58 Å². The largest absolute Gasteiger partial charge is 0.444 e. The first-order valence-electron chi connectivity index (χ1n) is 7.62. The van der Waals surface area contributed by atoms with Gasteiger partial charge in [-0.2, -0.15) is 0 Å². The summed E-state index contributed by atoms with van der Waals surface area (Å²) in [5, 5.41) is 12.8. The molecule has 0 aromatic rings. The van der Waals surface area contributed by atoms with E-state index in [1.54, 1.807) is 0 Å². The van der Waals surface area contributed by atoms with Gasteiger partial charge < -0.3 is 15.2 Å². The maximum atomic E-state index is 11.9. The van der Waals surface area contributed by atoms with E-state index in [4.69, 9.17) is 4.74 Å². The van der Waals surface area contributed by atoms with Crippen LogP contribution < -0.4 is 5.32 Å². The Morgan fingerprint density at radius 3 is 2.50 bits per heavy atom. The van der Waals surface area contributed by atoms with Gasteiger partial charge in [0.05, 0.1) is 12.1 Å². The zero-order valence-corrected chi connectivity index (χ0v) is 13.0. The molecule has 2 N–H and O–H groups in total. The number of hydrogen-bond donors (Lipinski definition) is 2. The minimum atomic E-state index is -0.732. The highest BCUT2D eigenvalue weighted by molar-refractivity contribution is 5.68. The summed E-state index contributed by atoms with van der Waals surface area (Å²) in [7, 11) is 0. The fourth-order valence-corrected chi connectivity index (χ4v) is 2.69. The van der Waals surface area contributed by atoms with Gasteiger partial charge in [0.1, 0.15) is 5.60 Å². The average molecular weight is 283 g/mol. The number of amides is 1. The Hall–Kier alpha value is -1.03. The fourth-order valence-electron chi connectivity index (χ4n) is 2.69. The normalized spacial score (nSPS) is 20.0. The Balaban J connectivity index is 2.55. The number of alkyl carbamates (subject to hydrolysis) is 1. The second-order valence-electron chi connectivity index (χ2n) is 6.72. The molecule has 0 spiro atoms. The van der Waals surface area contributed by atoms with Crippen molar-refractivity contribution in [2.45, 2.75) is 77.0 Å². The molecule has 0 aromatic heterocycles. The van der Waals surface area contributed by atoms with E-state index in [1.807, 2.05) is 20.8 Å². The molecule has 0 aromatic carbocycles. The molecule has 1 fully saturated rings. The molecule has 0 saturated heterocycles. The van der Waals surface area contributed by atoms with Crippen LogP contribution in [0, 0.1) is 5.92 Å². The van der Waals surface area contributed by atoms with Gasteiger partial charge >= 0.3 is 6.09 Å². The van der Waals surface area contributed by atoms with E-state index in [0.717, 1.165) is 6.42 Å². The molecular weight excluding hydrogens is 254 g/mol. The van der Waals surface area contributed by atoms with Crippen LogP contribution in [0.3, 0.4) is 0 Å². The fraction of sp³-hybridized carbons (Fsp3) is 0.812. The van der Waals surface area contributed by atoms with Crippen molar-refractivity contribution in [3.63, 3.8) is 0 Å². The summed E-state index contributed by atoms with van der Waals surface area (Å²) in [4.78, 5) is 11.9. The van der Waals surface area contributed by atoms with Gasteiger partial charge in [0, 0.05) is 0 Å². The third kappa shape index (κ3) is 6.42. The quantitative estimate of drug-likeness (QED) is 0.760. The molecule has 4 nitrogen and oxygen atoms in total. The second-order valence-corrected chi connectivity index (χ2v) is 6.72. The first-order valence-corrected chi connectivity index (χ1v) is 7.62. The molecule has 20 heavy (non-hydrogen) atoms. The smallest absolute Gasteiger partial charge is 0.407 e. The van der Waals surface area contributed by atoms with E-state index in [0.29, 0.717) is 5.92 Å². The molecule has 1 rings (SSSR count). The van der Waals surface area contributed by atoms with E-state index in [9.17, 15) is 9.90 Å². The van der Waals surface area contributed by atoms with Crippen LogP contribution in [0.25, 0.3) is 0 Å². The number of carbonyl (C=O) groups is 1. The molecule has 1 amide bonds. The van der Waals surface area contributed by atoms with E-state index in [2.05, 4.69) is 11.9 Å². The van der Waals surface area contributed by atoms with Crippen molar-refractivity contribution < 1.29 is 14.6 Å². The van der Waals surface area contributed by atoms with E-state index in [-0.39, 0.29) is 6.04 Å². The van der Waals surface area contributed by atoms with Gasteiger partial charge in [0.2, 0.25) is 0 Å². The molecule has 0 radical (unpaired) electrons. The molecule has 1 aliphatic rings. The molecule has 116 valence electrons. The van der Waals surface area contributed by atoms with Crippen LogP contribution in [0.1, 0.15) is 59.3 Å². The number of nitrogens with one attached hydrogen (secondary N) is 1. The molecule has 0 bridgehead atoms. The predicted octanol–water partition coefficient (Wildman–Crippen LogP) is 3.40. The van der Waals surface area contributed by atoms with Crippen molar-refractivity contribution in [2.24, 2.45) is 5.92 Å². The Kier molecular flexibility index (Phi) is 6.53. The van der Waals surface area contributed by atoms with Gasteiger partial charge in [0.15, 0.2) is 0 Å². The van der Waals surface area contributed by atoms with Crippen LogP contribution in [0.2, 0.25) is 0 Å². The summed E-state index contributed by atoms with van der Waals surface area (Å²) in [5.41, 5.74) is -0.529. The van der Waals surface area contributed by atoms with Gasteiger partial charge in [0.25, 0.3) is 0 Å². The van der Waals surface area contributed by atoms with Crippen LogP contribution >= 0.6 is 0 Å². The Labute approximate surface area is 122 Å². The van der Waals surface area contributed by atoms with Crippen molar-refractivity contribution in [3.8, 4) is 0 Å². The van der Waals surface area contributed by atoms with E-state index >= 15 is 0 Å². The molecule has 1 saturated carbocycles. The number of carbonyl (C=O) groups excluding carboxylic acids is 1. The van der Waals surface area contributed by atoms with Gasteiger partial charge in [-0.1, -0.05) is 38.2 Å². The van der Waals surface area contributed by atoms with Crippen LogP contribution in [0.4, 0.5) is 4.79 Å². The number of ether oxygens (including phenoxy) is 1. The van der Waals surface area contributed by atoms with Gasteiger partial charge in [-0.3, -0.25) is 0 Å². The lowest BCUT2D eigenvalue weighted by atomic mass is 9.84. The molecule has 4 heteroatoms. The van der Waals surface area contributed by atoms with E-state index < -0.39 is 17.8 Å². The molecule has 0 heterocycles. The summed E-state index contributed by atoms with van der Waals surface area (Å²) >= 11 is 0. The molecule has 2 atom stereocenters. The monoisotopic (exact) mass is 283 g/mol. The van der Waals surface area contributed by atoms with Crippen molar-refractivity contribution in [2.75, 3.05) is 0 Å². The minimum absolute atomic E-state index is 0.314. The van der Waals surface area contributed by atoms with Crippen molar-refractivity contribution in [3.05, 3.63) is 12.7 Å². The van der Waals surface area contributed by atoms with Crippen LogP contribution in [0.15, 0.2) is 12.7 Å². The summed E-state index contributed by atoms with van der Waals surface area (Å²) in [6.07, 6.45) is 7.19. The zero-order valence-electron chi connectivity index (χ0n) is 13.0. The number of hydrogen-bond acceptors (Lipinski definition) is 3. The molecule has 2 unspecified atom stereocenters. The lowest BCUT2D eigenvalue weighted by molar-refractivity contribution is 0.0434. The van der Waals surface area contributed by atoms with Gasteiger partial charge in [-0.05, 0) is 33.1 Å². The highest BCUT2D eigenvalue weighted by atomic mass is 16.6. The predicted molar refractivity (Wildman–Crippen MR) is 80.6 cm³/mol. The lowest BCUT2D eigenvalue weighted by Gasteiger charge is -2.30. The first-order chi connectivity index (χ1) is 9.31. The standard InChI is InChI=1S/C16H29NO3/c1-5-14(18)13(11-12-9-7-6-8-10-12)17-15(19)20-16(2,3)4/h5,12-14,18H,1,6-11H2,2-4H3,(H,17,19). The zero-order chi connectivity index (χ0) is 15.2. The molecular formula is C16H29NO3. The summed E-state index contributed by atoms with van der Waals surface area (Å²) in [6.45, 7) is 9.09. The van der Waals surface area contributed by atoms with E-state index in [1.165, 1.54) is 38.2 Å². The summed E-state index contributed by atoms with van der Waals surface area (Å²) in [5.74, 6) is 0.568. The highest BCUT2D eigenvalue weighted by Gasteiger charge is 2.26. The van der Waals surface area contributed by atoms with Crippen molar-refractivity contribution in [1.29, 1.82) is 0 Å². The van der Waals surface area contributed by atoms with Crippen LogP contribution in [-0.2, 0) is 4.74 Å². The number of aliphatic hydroxyl groups excluding tert-OH is 1. The maximum Gasteiger partial charge on any atom is 0.407 e. The Morgan fingerprint density at radius 2 is 2.00 bits per heavy atom. The molecule has 1 aliphatic carbocycles. The highest BCUT2D eigenvalue weighted by Crippen LogP contribution is 2.28. The third-order valence-electron chi connectivity index (χ3n) is 3.67. The Morgan fingerprint density at radius 1 is 1.40 bits per heavy atom. The van der Waals surface area contributed by atoms with Crippen molar-refractivity contribution >= 4 is 6.09 Å². The maximum absolute atomic E-state index is 11.9. The molecule has 0 aliphatic heterocycles. The third-order valence-corrected chi connectivity index (χ3v) is 3.67. The van der Waals surface area contributed by atoms with Gasteiger partial charge in [-0.25, -0.2) is 4.79 Å². The SMILES string of the molecule is C=CC(O)C(CC1CCCCC1)NC(=O)OC(C)(C)C. The topological polar surface area (TPSA) is 58.6 Å². The second kappa shape index (κ2) is 7.67. The van der Waals surface area contributed by atoms with Crippen molar-refractivity contribution in [1.82, 2.24) is 5.32 Å². The lowest BCUT2D eigenvalue weighted by Crippen LogP contribution is -2.45. The number of rotatable bonds is 5. The van der Waals surface area contributed by atoms with Crippen LogP contribution in [0.5, 0.6) is 0 Å². The number of aliphatic hydroxyl groups is 1. The van der Waals surface area contributed by atoms with Crippen LogP contribution in [-0.4, -0.2) is 28.9 Å². The average Bonchev–Trinajstić information content (AvgIpc) is 2.36. The minimum Gasteiger partial charge on any atom is -0.444 e. The summed E-state index contributed by atoms with van der Waals surface area (Å²) < 4.78 is 5.26. The first kappa shape index (κ1) is 17.0.